The second kappa shape index (κ2) is 7.93. The molecule has 1 saturated heterocycles. The van der Waals surface area contributed by atoms with Crippen molar-refractivity contribution in [3.8, 4) is 0 Å². The topological polar surface area (TPSA) is 94.2 Å². The number of carbonyl (C=O) groups excluding carboxylic acids is 3. The van der Waals surface area contributed by atoms with Gasteiger partial charge in [-0.1, -0.05) is 0 Å². The molecule has 0 aromatic carbocycles. The van der Waals surface area contributed by atoms with Crippen LogP contribution in [0.15, 0.2) is 0 Å². The van der Waals surface area contributed by atoms with Gasteiger partial charge in [0, 0.05) is 19.1 Å². The van der Waals surface area contributed by atoms with Gasteiger partial charge in [-0.25, -0.2) is 9.59 Å². The van der Waals surface area contributed by atoms with Crippen molar-refractivity contribution < 1.29 is 28.6 Å². The van der Waals surface area contributed by atoms with Crippen molar-refractivity contribution in [2.45, 2.75) is 65.2 Å². The number of methoxy groups -OCH3 is 1. The minimum Gasteiger partial charge on any atom is -0.469 e. The van der Waals surface area contributed by atoms with Crippen LogP contribution >= 0.6 is 0 Å². The number of nitrogens with one attached hydrogen (secondary N) is 1. The lowest BCUT2D eigenvalue weighted by molar-refractivity contribution is -0.148. The second-order valence-corrected chi connectivity index (χ2v) is 8.10. The largest absolute Gasteiger partial charge is 0.469 e. The molecule has 0 aromatic rings. The van der Waals surface area contributed by atoms with Gasteiger partial charge < -0.3 is 24.4 Å². The molecule has 1 aliphatic heterocycles. The third-order valence-corrected chi connectivity index (χ3v) is 3.47. The van der Waals surface area contributed by atoms with E-state index in [-0.39, 0.29) is 6.54 Å². The summed E-state index contributed by atoms with van der Waals surface area (Å²) in [5.74, 6) is -1.17. The molecule has 0 unspecified atom stereocenters. The first-order chi connectivity index (χ1) is 11.3. The van der Waals surface area contributed by atoms with Crippen LogP contribution < -0.4 is 5.32 Å². The minimum atomic E-state index is -0.682. The van der Waals surface area contributed by atoms with Gasteiger partial charge in [0.15, 0.2) is 0 Å². The molecule has 1 rings (SSSR count). The standard InChI is InChI=1S/C17H30N2O6/c1-16(2,3)24-14(21)18-12-8-9-19(10-11(12)13(20)23-7)15(22)25-17(4,5)6/h11-12H,8-10H2,1-7H3,(H,18,21)/t11-,12+/m0/s1. The first kappa shape index (κ1) is 21.1. The second-order valence-electron chi connectivity index (χ2n) is 8.10. The summed E-state index contributed by atoms with van der Waals surface area (Å²) in [5, 5.41) is 2.71. The van der Waals surface area contributed by atoms with Crippen LogP contribution in [-0.2, 0) is 19.0 Å². The zero-order valence-corrected chi connectivity index (χ0v) is 16.2. The number of nitrogens with zero attached hydrogens (tertiary/aromatic N) is 1. The first-order valence-corrected chi connectivity index (χ1v) is 8.37. The summed E-state index contributed by atoms with van der Waals surface area (Å²) >= 11 is 0. The lowest BCUT2D eigenvalue weighted by atomic mass is 9.92. The molecule has 0 spiro atoms. The maximum atomic E-state index is 12.2. The van der Waals surface area contributed by atoms with E-state index in [0.717, 1.165) is 0 Å². The summed E-state index contributed by atoms with van der Waals surface area (Å²) in [6.45, 7) is 11.1. The smallest absolute Gasteiger partial charge is 0.410 e. The third kappa shape index (κ3) is 7.19. The van der Waals surface area contributed by atoms with Crippen LogP contribution in [-0.4, -0.2) is 60.5 Å². The highest BCUT2D eigenvalue weighted by atomic mass is 16.6. The molecule has 0 bridgehead atoms. The van der Waals surface area contributed by atoms with E-state index >= 15 is 0 Å². The molecule has 2 atom stereocenters. The highest BCUT2D eigenvalue weighted by Gasteiger charge is 2.39. The van der Waals surface area contributed by atoms with Crippen molar-refractivity contribution in [2.24, 2.45) is 5.92 Å². The maximum Gasteiger partial charge on any atom is 0.410 e. The van der Waals surface area contributed by atoms with Gasteiger partial charge in [0.05, 0.1) is 13.0 Å². The number of amides is 2. The Hall–Kier alpha value is -1.99. The average molecular weight is 358 g/mol. The summed E-state index contributed by atoms with van der Waals surface area (Å²) in [7, 11) is 1.28. The van der Waals surface area contributed by atoms with E-state index in [1.807, 2.05) is 0 Å². The quantitative estimate of drug-likeness (QED) is 0.601. The summed E-state index contributed by atoms with van der Waals surface area (Å²) in [5.41, 5.74) is -1.26. The summed E-state index contributed by atoms with van der Waals surface area (Å²) in [6, 6.07) is -0.471. The highest BCUT2D eigenvalue weighted by molar-refractivity contribution is 5.77. The predicted octanol–water partition coefficient (Wildman–Crippen LogP) is 2.31. The van der Waals surface area contributed by atoms with E-state index in [4.69, 9.17) is 14.2 Å². The average Bonchev–Trinajstić information content (AvgIpc) is 2.42. The number of esters is 1. The Morgan fingerprint density at radius 3 is 2.04 bits per heavy atom. The molecule has 8 heteroatoms. The van der Waals surface area contributed by atoms with Crippen LogP contribution in [0.1, 0.15) is 48.0 Å². The molecule has 2 amide bonds. The van der Waals surface area contributed by atoms with Gasteiger partial charge in [0.25, 0.3) is 0 Å². The highest BCUT2D eigenvalue weighted by Crippen LogP contribution is 2.22. The lowest BCUT2D eigenvalue weighted by Gasteiger charge is -2.38. The number of rotatable bonds is 2. The van der Waals surface area contributed by atoms with Crippen LogP contribution in [0.3, 0.4) is 0 Å². The Bertz CT molecular complexity index is 506. The van der Waals surface area contributed by atoms with Crippen molar-refractivity contribution in [3.05, 3.63) is 0 Å². The summed E-state index contributed by atoms with van der Waals surface area (Å²) < 4.78 is 15.4. The van der Waals surface area contributed by atoms with E-state index in [2.05, 4.69) is 5.32 Å². The van der Waals surface area contributed by atoms with Gasteiger partial charge in [-0.2, -0.15) is 0 Å². The zero-order valence-electron chi connectivity index (χ0n) is 16.2. The van der Waals surface area contributed by atoms with Gasteiger partial charge in [0.2, 0.25) is 0 Å². The van der Waals surface area contributed by atoms with E-state index < -0.39 is 41.3 Å². The van der Waals surface area contributed by atoms with E-state index in [0.29, 0.717) is 13.0 Å². The Morgan fingerprint density at radius 2 is 1.56 bits per heavy atom. The molecular weight excluding hydrogens is 328 g/mol. The van der Waals surface area contributed by atoms with Crippen LogP contribution in [0.5, 0.6) is 0 Å². The van der Waals surface area contributed by atoms with Crippen LogP contribution in [0.2, 0.25) is 0 Å². The van der Waals surface area contributed by atoms with Crippen LogP contribution in [0.25, 0.3) is 0 Å². The molecule has 144 valence electrons. The molecule has 0 aromatic heterocycles. The summed E-state index contributed by atoms with van der Waals surface area (Å²) in [6.07, 6.45) is -0.688. The Kier molecular flexibility index (Phi) is 6.68. The zero-order chi connectivity index (χ0) is 19.4. The fourth-order valence-electron chi connectivity index (χ4n) is 2.47. The molecular formula is C17H30N2O6. The minimum absolute atomic E-state index is 0.113. The maximum absolute atomic E-state index is 12.2. The first-order valence-electron chi connectivity index (χ1n) is 8.37. The Morgan fingerprint density at radius 1 is 1.00 bits per heavy atom. The molecule has 1 aliphatic rings. The van der Waals surface area contributed by atoms with Crippen LogP contribution in [0.4, 0.5) is 9.59 Å². The van der Waals surface area contributed by atoms with Crippen molar-refractivity contribution in [1.29, 1.82) is 0 Å². The SMILES string of the molecule is COC(=O)[C@H]1CN(C(=O)OC(C)(C)C)CC[C@H]1NC(=O)OC(C)(C)C. The molecule has 8 nitrogen and oxygen atoms in total. The summed E-state index contributed by atoms with van der Waals surface area (Å²) in [4.78, 5) is 37.8. The van der Waals surface area contributed by atoms with E-state index in [1.165, 1.54) is 12.0 Å². The molecule has 0 saturated carbocycles. The number of alkyl carbamates (subject to hydrolysis) is 1. The Labute approximate surface area is 149 Å². The van der Waals surface area contributed by atoms with Crippen molar-refractivity contribution >= 4 is 18.2 Å². The molecule has 1 heterocycles. The van der Waals surface area contributed by atoms with Gasteiger partial charge >= 0.3 is 18.2 Å². The Balaban J connectivity index is 2.78. The molecule has 25 heavy (non-hydrogen) atoms. The lowest BCUT2D eigenvalue weighted by Crippen LogP contribution is -2.56. The van der Waals surface area contributed by atoms with Crippen molar-refractivity contribution in [3.63, 3.8) is 0 Å². The number of carbonyl (C=O) groups is 3. The number of hydrogen-bond donors (Lipinski definition) is 1. The van der Waals surface area contributed by atoms with Crippen molar-refractivity contribution in [1.82, 2.24) is 10.2 Å². The number of ether oxygens (including phenoxy) is 3. The molecule has 0 radical (unpaired) electrons. The molecule has 1 fully saturated rings. The number of hydrogen-bond acceptors (Lipinski definition) is 6. The monoisotopic (exact) mass is 358 g/mol. The normalized spacial score (nSPS) is 21.3. The molecule has 1 N–H and O–H groups in total. The van der Waals surface area contributed by atoms with Crippen molar-refractivity contribution in [2.75, 3.05) is 20.2 Å². The molecule has 0 aliphatic carbocycles. The fourth-order valence-corrected chi connectivity index (χ4v) is 2.47. The van der Waals surface area contributed by atoms with Gasteiger partial charge in [-0.15, -0.1) is 0 Å². The van der Waals surface area contributed by atoms with E-state index in [1.54, 1.807) is 41.5 Å². The third-order valence-electron chi connectivity index (χ3n) is 3.47. The van der Waals surface area contributed by atoms with Crippen LogP contribution in [0, 0.1) is 5.92 Å². The van der Waals surface area contributed by atoms with E-state index in [9.17, 15) is 14.4 Å². The fraction of sp³-hybridized carbons (Fsp3) is 0.824. The van der Waals surface area contributed by atoms with Gasteiger partial charge in [0.1, 0.15) is 11.2 Å². The predicted molar refractivity (Wildman–Crippen MR) is 91.1 cm³/mol. The van der Waals surface area contributed by atoms with Gasteiger partial charge in [-0.3, -0.25) is 4.79 Å². The number of piperidine rings is 1. The number of likely N-dealkylation sites (tertiary alicyclic amines) is 1. The van der Waals surface area contributed by atoms with Gasteiger partial charge in [-0.05, 0) is 48.0 Å².